The summed E-state index contributed by atoms with van der Waals surface area (Å²) in [6.07, 6.45) is 10.0. The van der Waals surface area contributed by atoms with Gasteiger partial charge in [0.05, 0.1) is 0 Å². The molecule has 0 bridgehead atoms. The van der Waals surface area contributed by atoms with Gasteiger partial charge < -0.3 is 4.74 Å². The molecule has 1 atom stereocenters. The maximum Gasteiger partial charge on any atom is 0.411 e. The molecule has 1 aliphatic carbocycles. The molecule has 0 spiro atoms. The van der Waals surface area contributed by atoms with Crippen LogP contribution in [0, 0.1) is 5.92 Å². The number of thiazole rings is 1. The fourth-order valence-corrected chi connectivity index (χ4v) is 5.58. The van der Waals surface area contributed by atoms with Gasteiger partial charge >= 0.3 is 6.09 Å². The first kappa shape index (κ1) is 21.6. The van der Waals surface area contributed by atoms with Gasteiger partial charge in [-0.2, -0.15) is 0 Å². The summed E-state index contributed by atoms with van der Waals surface area (Å²) >= 11 is 7.41. The van der Waals surface area contributed by atoms with Gasteiger partial charge in [-0.25, -0.2) is 9.78 Å². The summed E-state index contributed by atoms with van der Waals surface area (Å²) in [5, 5.41) is 5.97. The third-order valence-corrected chi connectivity index (χ3v) is 7.42. The van der Waals surface area contributed by atoms with Crippen LogP contribution in [0.2, 0.25) is 5.15 Å². The van der Waals surface area contributed by atoms with E-state index in [1.54, 1.807) is 5.38 Å². The fourth-order valence-electron chi connectivity index (χ4n) is 4.63. The third-order valence-electron chi connectivity index (χ3n) is 6.21. The van der Waals surface area contributed by atoms with Gasteiger partial charge in [0.25, 0.3) is 0 Å². The number of benzene rings is 1. The molecule has 2 fully saturated rings. The van der Waals surface area contributed by atoms with Crippen LogP contribution >= 0.6 is 22.9 Å². The highest BCUT2D eigenvalue weighted by molar-refractivity contribution is 7.13. The van der Waals surface area contributed by atoms with E-state index in [2.05, 4.69) is 15.2 Å². The van der Waals surface area contributed by atoms with Gasteiger partial charge in [-0.3, -0.25) is 10.2 Å². The summed E-state index contributed by atoms with van der Waals surface area (Å²) in [6, 6.07) is 7.95. The van der Waals surface area contributed by atoms with Crippen LogP contribution in [0.25, 0.3) is 10.6 Å². The van der Waals surface area contributed by atoms with Gasteiger partial charge in [0.15, 0.2) is 0 Å². The normalized spacial score (nSPS) is 20.8. The summed E-state index contributed by atoms with van der Waals surface area (Å²) in [6.45, 7) is 2.75. The number of ether oxygens (including phenoxy) is 1. The summed E-state index contributed by atoms with van der Waals surface area (Å²) in [5.74, 6) is 0.815. The molecule has 2 aromatic rings. The Morgan fingerprint density at radius 1 is 1.20 bits per heavy atom. The first-order valence-corrected chi connectivity index (χ1v) is 12.3. The molecule has 2 heterocycles. The quantitative estimate of drug-likeness (QED) is 0.553. The smallest absolute Gasteiger partial charge is 0.411 e. The number of aromatic nitrogens is 1. The van der Waals surface area contributed by atoms with E-state index in [1.807, 2.05) is 24.3 Å². The zero-order valence-corrected chi connectivity index (χ0v) is 18.9. The molecule has 2 aliphatic rings. The summed E-state index contributed by atoms with van der Waals surface area (Å²) in [7, 11) is 0. The first-order chi connectivity index (χ1) is 14.7. The number of carbonyl (C=O) groups is 1. The Hall–Kier alpha value is -1.63. The van der Waals surface area contributed by atoms with E-state index < -0.39 is 6.09 Å². The van der Waals surface area contributed by atoms with Gasteiger partial charge in [-0.1, -0.05) is 49.4 Å². The summed E-state index contributed by atoms with van der Waals surface area (Å²) in [4.78, 5) is 19.3. The van der Waals surface area contributed by atoms with E-state index in [0.29, 0.717) is 23.5 Å². The fraction of sp³-hybridized carbons (Fsp3) is 0.565. The SMILES string of the molecule is O=C(Nc1cccc(-c2nc(Cl)cs2)c1)OCC1CCCCN1CC1CCCCC1. The lowest BCUT2D eigenvalue weighted by Crippen LogP contribution is -2.45. The molecule has 1 aromatic heterocycles. The van der Waals surface area contributed by atoms with Crippen LogP contribution in [0.3, 0.4) is 0 Å². The number of amides is 1. The lowest BCUT2D eigenvalue weighted by atomic mass is 9.88. The second-order valence-electron chi connectivity index (χ2n) is 8.43. The highest BCUT2D eigenvalue weighted by Gasteiger charge is 2.26. The standard InChI is InChI=1S/C23H30ClN3O2S/c24-21-16-30-22(26-21)18-9-6-10-19(13-18)25-23(28)29-15-20-11-4-5-12-27(20)14-17-7-2-1-3-8-17/h6,9-10,13,16-17,20H,1-5,7-8,11-12,14-15H2,(H,25,28). The number of nitrogens with zero attached hydrogens (tertiary/aromatic N) is 2. The van der Waals surface area contributed by atoms with Crippen LogP contribution in [0.4, 0.5) is 10.5 Å². The Bertz CT molecular complexity index is 837. The molecule has 1 saturated heterocycles. The zero-order chi connectivity index (χ0) is 20.8. The number of rotatable bonds is 6. The Labute approximate surface area is 187 Å². The Morgan fingerprint density at radius 2 is 2.03 bits per heavy atom. The van der Waals surface area contributed by atoms with Crippen molar-refractivity contribution in [3.63, 3.8) is 0 Å². The number of piperidine rings is 1. The molecule has 1 amide bonds. The van der Waals surface area contributed by atoms with Crippen LogP contribution in [0.5, 0.6) is 0 Å². The van der Waals surface area contributed by atoms with Crippen LogP contribution < -0.4 is 5.32 Å². The third kappa shape index (κ3) is 5.96. The van der Waals surface area contributed by atoms with Crippen LogP contribution in [0.15, 0.2) is 29.6 Å². The minimum Gasteiger partial charge on any atom is -0.448 e. The number of halogens is 1. The molecule has 4 rings (SSSR count). The van der Waals surface area contributed by atoms with Crippen molar-refractivity contribution >= 4 is 34.7 Å². The van der Waals surface area contributed by atoms with Crippen LogP contribution in [0.1, 0.15) is 51.4 Å². The highest BCUT2D eigenvalue weighted by Crippen LogP contribution is 2.29. The predicted molar refractivity (Wildman–Crippen MR) is 123 cm³/mol. The second-order valence-corrected chi connectivity index (χ2v) is 9.67. The van der Waals surface area contributed by atoms with Crippen molar-refractivity contribution in [2.45, 2.75) is 57.4 Å². The summed E-state index contributed by atoms with van der Waals surface area (Å²) in [5.41, 5.74) is 1.63. The lowest BCUT2D eigenvalue weighted by molar-refractivity contribution is 0.0590. The first-order valence-electron chi connectivity index (χ1n) is 11.1. The van der Waals surface area contributed by atoms with E-state index in [-0.39, 0.29) is 0 Å². The number of carbonyl (C=O) groups excluding carboxylic acids is 1. The molecule has 0 radical (unpaired) electrons. The van der Waals surface area contributed by atoms with Gasteiger partial charge in [0.1, 0.15) is 16.8 Å². The number of nitrogens with one attached hydrogen (secondary N) is 1. The number of hydrogen-bond donors (Lipinski definition) is 1. The maximum atomic E-state index is 12.4. The average molecular weight is 448 g/mol. The molecule has 1 aromatic carbocycles. The lowest BCUT2D eigenvalue weighted by Gasteiger charge is -2.38. The van der Waals surface area contributed by atoms with E-state index in [0.717, 1.165) is 36.0 Å². The number of hydrogen-bond acceptors (Lipinski definition) is 5. The molecular formula is C23H30ClN3O2S. The topological polar surface area (TPSA) is 54.5 Å². The van der Waals surface area contributed by atoms with Crippen molar-refractivity contribution in [3.8, 4) is 10.6 Å². The largest absolute Gasteiger partial charge is 0.448 e. The Balaban J connectivity index is 1.29. The number of likely N-dealkylation sites (tertiary alicyclic amines) is 1. The molecule has 1 saturated carbocycles. The molecule has 5 nitrogen and oxygen atoms in total. The average Bonchev–Trinajstić information content (AvgIpc) is 3.20. The van der Waals surface area contributed by atoms with Gasteiger partial charge in [-0.05, 0) is 50.3 Å². The molecule has 30 heavy (non-hydrogen) atoms. The molecular weight excluding hydrogens is 418 g/mol. The van der Waals surface area contributed by atoms with E-state index in [9.17, 15) is 4.79 Å². The Kier molecular flexibility index (Phi) is 7.63. The van der Waals surface area contributed by atoms with Gasteiger partial charge in [0, 0.05) is 29.2 Å². The monoisotopic (exact) mass is 447 g/mol. The van der Waals surface area contributed by atoms with E-state index >= 15 is 0 Å². The van der Waals surface area contributed by atoms with E-state index in [4.69, 9.17) is 16.3 Å². The maximum absolute atomic E-state index is 12.4. The van der Waals surface area contributed by atoms with Gasteiger partial charge in [0.2, 0.25) is 0 Å². The van der Waals surface area contributed by atoms with Crippen LogP contribution in [-0.2, 0) is 4.74 Å². The molecule has 162 valence electrons. The Morgan fingerprint density at radius 3 is 2.83 bits per heavy atom. The van der Waals surface area contributed by atoms with E-state index in [1.165, 1.54) is 56.3 Å². The van der Waals surface area contributed by atoms with Crippen molar-refractivity contribution < 1.29 is 9.53 Å². The molecule has 1 unspecified atom stereocenters. The van der Waals surface area contributed by atoms with Gasteiger partial charge in [-0.15, -0.1) is 11.3 Å². The summed E-state index contributed by atoms with van der Waals surface area (Å²) < 4.78 is 5.63. The van der Waals surface area contributed by atoms with Crippen molar-refractivity contribution in [1.29, 1.82) is 0 Å². The minimum absolute atomic E-state index is 0.343. The van der Waals surface area contributed by atoms with Crippen molar-refractivity contribution in [3.05, 3.63) is 34.8 Å². The van der Waals surface area contributed by atoms with Crippen molar-refractivity contribution in [2.75, 3.05) is 25.0 Å². The predicted octanol–water partition coefficient (Wildman–Crippen LogP) is 6.45. The molecule has 1 N–H and O–H groups in total. The minimum atomic E-state index is -0.396. The molecule has 1 aliphatic heterocycles. The number of anilines is 1. The van der Waals surface area contributed by atoms with Crippen LogP contribution in [-0.4, -0.2) is 41.7 Å². The van der Waals surface area contributed by atoms with Crippen molar-refractivity contribution in [2.24, 2.45) is 5.92 Å². The van der Waals surface area contributed by atoms with Crippen molar-refractivity contribution in [1.82, 2.24) is 9.88 Å². The molecule has 7 heteroatoms. The second kappa shape index (κ2) is 10.6. The zero-order valence-electron chi connectivity index (χ0n) is 17.3. The highest BCUT2D eigenvalue weighted by atomic mass is 35.5.